The van der Waals surface area contributed by atoms with Crippen LogP contribution in [0.15, 0.2) is 17.1 Å². The Bertz CT molecular complexity index is 753. The van der Waals surface area contributed by atoms with E-state index in [1.165, 1.54) is 0 Å². The molecule has 0 spiro atoms. The molecular weight excluding hydrogens is 255 g/mol. The topological polar surface area (TPSA) is 91.4 Å². The highest BCUT2D eigenvalue weighted by Crippen LogP contribution is 2.35. The second-order valence-corrected chi connectivity index (χ2v) is 4.10. The fourth-order valence-electron chi connectivity index (χ4n) is 2.10. The van der Waals surface area contributed by atoms with E-state index >= 15 is 0 Å². The van der Waals surface area contributed by atoms with Crippen LogP contribution in [0.5, 0.6) is 5.75 Å². The number of halogens is 1. The maximum atomic E-state index is 13.9. The minimum Gasteiger partial charge on any atom is -0.487 e. The van der Waals surface area contributed by atoms with Gasteiger partial charge in [0.05, 0.1) is 10.9 Å². The van der Waals surface area contributed by atoms with E-state index in [-0.39, 0.29) is 16.8 Å². The van der Waals surface area contributed by atoms with Gasteiger partial charge in [0.2, 0.25) is 5.43 Å². The van der Waals surface area contributed by atoms with E-state index in [1.54, 1.807) is 0 Å². The zero-order valence-corrected chi connectivity index (χ0v) is 9.62. The van der Waals surface area contributed by atoms with Gasteiger partial charge in [-0.15, -0.1) is 0 Å². The molecule has 1 aliphatic rings. The van der Waals surface area contributed by atoms with Crippen LogP contribution in [-0.4, -0.2) is 29.2 Å². The summed E-state index contributed by atoms with van der Waals surface area (Å²) >= 11 is 0. The molecule has 19 heavy (non-hydrogen) atoms. The van der Waals surface area contributed by atoms with Crippen LogP contribution in [0.2, 0.25) is 0 Å². The third-order valence-corrected chi connectivity index (χ3v) is 2.96. The highest BCUT2D eigenvalue weighted by Gasteiger charge is 2.22. The van der Waals surface area contributed by atoms with Gasteiger partial charge in [0.25, 0.3) is 0 Å². The number of fused-ring (bicyclic) bond motifs is 3. The molecule has 0 saturated heterocycles. The Morgan fingerprint density at radius 1 is 1.47 bits per heavy atom. The smallest absolute Gasteiger partial charge is 0.341 e. The standard InChI is InChI=1S/C12H9FN2O4/c13-7-3-5-8(11-9(7)14-1-2-19-11)15-4-6(10(5)16)12(17)18/h3-4,14H,1-2H2,(H,15,16)(H,17,18). The van der Waals surface area contributed by atoms with Gasteiger partial charge < -0.3 is 20.1 Å². The second-order valence-electron chi connectivity index (χ2n) is 4.10. The molecule has 0 bridgehead atoms. The van der Waals surface area contributed by atoms with Crippen LogP contribution in [-0.2, 0) is 0 Å². The average Bonchev–Trinajstić information content (AvgIpc) is 2.40. The van der Waals surface area contributed by atoms with Crippen LogP contribution >= 0.6 is 0 Å². The van der Waals surface area contributed by atoms with Crippen molar-refractivity contribution in [1.29, 1.82) is 0 Å². The monoisotopic (exact) mass is 264 g/mol. The number of aromatic amines is 1. The van der Waals surface area contributed by atoms with Gasteiger partial charge in [-0.1, -0.05) is 0 Å². The molecule has 1 aromatic carbocycles. The first-order valence-electron chi connectivity index (χ1n) is 5.57. The summed E-state index contributed by atoms with van der Waals surface area (Å²) in [5.74, 6) is -1.80. The van der Waals surface area contributed by atoms with E-state index in [0.29, 0.717) is 18.7 Å². The molecule has 2 aromatic rings. The molecule has 0 atom stereocenters. The Morgan fingerprint density at radius 2 is 2.26 bits per heavy atom. The number of carboxylic acids is 1. The number of rotatable bonds is 1. The molecule has 3 N–H and O–H groups in total. The average molecular weight is 264 g/mol. The van der Waals surface area contributed by atoms with Crippen molar-refractivity contribution >= 4 is 22.6 Å². The number of pyridine rings is 1. The zero-order chi connectivity index (χ0) is 13.6. The molecule has 1 aliphatic heterocycles. The maximum absolute atomic E-state index is 13.9. The third kappa shape index (κ3) is 1.62. The van der Waals surface area contributed by atoms with Crippen molar-refractivity contribution in [3.63, 3.8) is 0 Å². The fraction of sp³-hybridized carbons (Fsp3) is 0.167. The summed E-state index contributed by atoms with van der Waals surface area (Å²) in [7, 11) is 0. The van der Waals surface area contributed by atoms with E-state index in [4.69, 9.17) is 9.84 Å². The lowest BCUT2D eigenvalue weighted by Gasteiger charge is -2.21. The SMILES string of the molecule is O=C(O)c1c[nH]c2c3c(c(F)cc2c1=O)NCCO3. The Morgan fingerprint density at radius 3 is 3.00 bits per heavy atom. The van der Waals surface area contributed by atoms with Crippen LogP contribution in [0, 0.1) is 5.82 Å². The number of carbonyl (C=O) groups is 1. The van der Waals surface area contributed by atoms with Crippen molar-refractivity contribution in [2.45, 2.75) is 0 Å². The Balaban J connectivity index is 2.41. The van der Waals surface area contributed by atoms with Gasteiger partial charge >= 0.3 is 5.97 Å². The molecule has 0 unspecified atom stereocenters. The number of ether oxygens (including phenoxy) is 1. The quantitative estimate of drug-likeness (QED) is 0.719. The van der Waals surface area contributed by atoms with Gasteiger partial charge in [-0.2, -0.15) is 0 Å². The predicted molar refractivity (Wildman–Crippen MR) is 65.5 cm³/mol. The number of aromatic carboxylic acids is 1. The first kappa shape index (κ1) is 11.5. The van der Waals surface area contributed by atoms with Crippen molar-refractivity contribution in [3.8, 4) is 5.75 Å². The Kier molecular flexibility index (Phi) is 2.41. The summed E-state index contributed by atoms with van der Waals surface area (Å²) in [6.07, 6.45) is 1.09. The van der Waals surface area contributed by atoms with E-state index in [1.807, 2.05) is 0 Å². The predicted octanol–water partition coefficient (Wildman–Crippen LogP) is 1.17. The van der Waals surface area contributed by atoms with Gasteiger partial charge in [-0.05, 0) is 6.07 Å². The summed E-state index contributed by atoms with van der Waals surface area (Å²) in [6.45, 7) is 0.807. The second kappa shape index (κ2) is 3.98. The van der Waals surface area contributed by atoms with Gasteiger partial charge in [-0.3, -0.25) is 4.79 Å². The van der Waals surface area contributed by atoms with E-state index in [2.05, 4.69) is 10.3 Å². The van der Waals surface area contributed by atoms with Gasteiger partial charge in [0.1, 0.15) is 17.9 Å². The van der Waals surface area contributed by atoms with Gasteiger partial charge in [0, 0.05) is 12.7 Å². The van der Waals surface area contributed by atoms with Gasteiger partial charge in [-0.25, -0.2) is 9.18 Å². The van der Waals surface area contributed by atoms with Crippen LogP contribution in [0.1, 0.15) is 10.4 Å². The highest BCUT2D eigenvalue weighted by molar-refractivity contribution is 5.96. The molecule has 0 amide bonds. The van der Waals surface area contributed by atoms with Gasteiger partial charge in [0.15, 0.2) is 11.6 Å². The summed E-state index contributed by atoms with van der Waals surface area (Å²) in [5.41, 5.74) is -0.705. The summed E-state index contributed by atoms with van der Waals surface area (Å²) in [4.78, 5) is 25.5. The van der Waals surface area contributed by atoms with Crippen LogP contribution < -0.4 is 15.5 Å². The molecule has 98 valence electrons. The van der Waals surface area contributed by atoms with E-state index in [0.717, 1.165) is 12.3 Å². The minimum atomic E-state index is -1.36. The number of benzene rings is 1. The van der Waals surface area contributed by atoms with Crippen LogP contribution in [0.3, 0.4) is 0 Å². The number of anilines is 1. The normalized spacial score (nSPS) is 13.5. The third-order valence-electron chi connectivity index (χ3n) is 2.96. The molecule has 3 rings (SSSR count). The molecule has 1 aromatic heterocycles. The molecule has 7 heteroatoms. The molecule has 6 nitrogen and oxygen atoms in total. The first-order chi connectivity index (χ1) is 9.09. The van der Waals surface area contributed by atoms with Crippen molar-refractivity contribution in [1.82, 2.24) is 4.98 Å². The molecule has 0 aliphatic carbocycles. The van der Waals surface area contributed by atoms with Crippen molar-refractivity contribution in [3.05, 3.63) is 33.9 Å². The Labute approximate surface area is 105 Å². The number of H-pyrrole nitrogens is 1. The lowest BCUT2D eigenvalue weighted by molar-refractivity contribution is 0.0695. The largest absolute Gasteiger partial charge is 0.487 e. The fourth-order valence-corrected chi connectivity index (χ4v) is 2.10. The Hall–Kier alpha value is -2.57. The molecule has 0 radical (unpaired) electrons. The van der Waals surface area contributed by atoms with E-state index in [9.17, 15) is 14.0 Å². The van der Waals surface area contributed by atoms with Crippen molar-refractivity contribution in [2.24, 2.45) is 0 Å². The van der Waals surface area contributed by atoms with Crippen molar-refractivity contribution < 1.29 is 19.0 Å². The number of aromatic nitrogens is 1. The minimum absolute atomic E-state index is 0.0418. The number of carboxylic acid groups (broad SMARTS) is 1. The lowest BCUT2D eigenvalue weighted by Crippen LogP contribution is -2.21. The number of nitrogens with one attached hydrogen (secondary N) is 2. The van der Waals surface area contributed by atoms with Crippen LogP contribution in [0.25, 0.3) is 10.9 Å². The van der Waals surface area contributed by atoms with E-state index < -0.39 is 22.8 Å². The summed E-state index contributed by atoms with van der Waals surface area (Å²) in [5, 5.41) is 11.7. The van der Waals surface area contributed by atoms with Crippen LogP contribution in [0.4, 0.5) is 10.1 Å². The molecule has 0 saturated carbocycles. The summed E-state index contributed by atoms with van der Waals surface area (Å²) < 4.78 is 19.2. The highest BCUT2D eigenvalue weighted by atomic mass is 19.1. The first-order valence-corrected chi connectivity index (χ1v) is 5.57. The summed E-state index contributed by atoms with van der Waals surface area (Å²) in [6, 6.07) is 1.01. The zero-order valence-electron chi connectivity index (χ0n) is 9.62. The molecular formula is C12H9FN2O4. The number of hydrogen-bond donors (Lipinski definition) is 3. The lowest BCUT2D eigenvalue weighted by atomic mass is 10.1. The molecule has 2 heterocycles. The molecule has 0 fully saturated rings. The maximum Gasteiger partial charge on any atom is 0.341 e. The van der Waals surface area contributed by atoms with Crippen molar-refractivity contribution in [2.75, 3.05) is 18.5 Å². The number of hydrogen-bond acceptors (Lipinski definition) is 4.